The number of aromatic nitrogens is 1. The normalized spacial score (nSPS) is 17.6. The molecule has 0 radical (unpaired) electrons. The van der Waals surface area contributed by atoms with Crippen LogP contribution in [-0.2, 0) is 6.18 Å². The van der Waals surface area contributed by atoms with Gasteiger partial charge in [-0.05, 0) is 6.07 Å². The Bertz CT molecular complexity index is 359. The summed E-state index contributed by atoms with van der Waals surface area (Å²) in [6.45, 7) is 2.60. The molecule has 1 fully saturated rings. The number of rotatable bonds is 1. The van der Waals surface area contributed by atoms with Crippen molar-refractivity contribution in [3.63, 3.8) is 0 Å². The Kier molecular flexibility index (Phi) is 3.00. The first-order valence-corrected chi connectivity index (χ1v) is 5.06. The lowest BCUT2D eigenvalue weighted by Gasteiger charge is -2.31. The van der Waals surface area contributed by atoms with Crippen LogP contribution in [0.2, 0.25) is 0 Å². The molecule has 0 amide bonds. The first-order chi connectivity index (χ1) is 7.59. The first-order valence-electron chi connectivity index (χ1n) is 5.06. The maximum Gasteiger partial charge on any atom is 0.419 e. The van der Waals surface area contributed by atoms with Crippen LogP contribution >= 0.6 is 0 Å². The van der Waals surface area contributed by atoms with Crippen molar-refractivity contribution >= 4 is 5.69 Å². The maximum atomic E-state index is 12.7. The Morgan fingerprint density at radius 3 is 2.56 bits per heavy atom. The lowest BCUT2D eigenvalue weighted by Crippen LogP contribution is -2.44. The molecule has 0 aromatic carbocycles. The summed E-state index contributed by atoms with van der Waals surface area (Å²) in [6, 6.07) is 1.42. The van der Waals surface area contributed by atoms with Gasteiger partial charge in [0.1, 0.15) is 0 Å². The van der Waals surface area contributed by atoms with E-state index in [1.165, 1.54) is 12.3 Å². The fourth-order valence-corrected chi connectivity index (χ4v) is 1.79. The number of anilines is 1. The molecular weight excluding hydrogens is 219 g/mol. The number of hydrogen-bond donors (Lipinski definition) is 1. The molecule has 16 heavy (non-hydrogen) atoms. The Morgan fingerprint density at radius 1 is 1.25 bits per heavy atom. The van der Waals surface area contributed by atoms with Crippen LogP contribution in [0.1, 0.15) is 5.56 Å². The first kappa shape index (κ1) is 11.2. The van der Waals surface area contributed by atoms with Gasteiger partial charge in [0, 0.05) is 38.6 Å². The smallest absolute Gasteiger partial charge is 0.368 e. The molecule has 6 heteroatoms. The number of piperazine rings is 1. The van der Waals surface area contributed by atoms with Gasteiger partial charge in [-0.25, -0.2) is 0 Å². The highest BCUT2D eigenvalue weighted by Gasteiger charge is 2.35. The van der Waals surface area contributed by atoms with E-state index in [-0.39, 0.29) is 5.69 Å². The molecule has 1 aliphatic rings. The lowest BCUT2D eigenvalue weighted by molar-refractivity contribution is -0.137. The minimum absolute atomic E-state index is 0.226. The molecule has 88 valence electrons. The zero-order chi connectivity index (χ0) is 11.6. The molecule has 1 aromatic heterocycles. The molecule has 0 atom stereocenters. The molecule has 1 aliphatic heterocycles. The van der Waals surface area contributed by atoms with Crippen molar-refractivity contribution in [3.05, 3.63) is 24.0 Å². The summed E-state index contributed by atoms with van der Waals surface area (Å²) in [5.74, 6) is 0. The Morgan fingerprint density at radius 2 is 1.94 bits per heavy atom. The fourth-order valence-electron chi connectivity index (χ4n) is 1.79. The van der Waals surface area contributed by atoms with Crippen molar-refractivity contribution in [1.29, 1.82) is 0 Å². The SMILES string of the molecule is FC(F)(F)c1cnccc1N1CCNCC1. The Hall–Kier alpha value is -1.30. The van der Waals surface area contributed by atoms with Crippen LogP contribution in [0.15, 0.2) is 18.5 Å². The molecule has 1 aromatic rings. The van der Waals surface area contributed by atoms with E-state index in [0.29, 0.717) is 26.2 Å². The van der Waals surface area contributed by atoms with Gasteiger partial charge in [0.2, 0.25) is 0 Å². The minimum Gasteiger partial charge on any atom is -0.368 e. The van der Waals surface area contributed by atoms with Crippen LogP contribution in [0.4, 0.5) is 18.9 Å². The molecule has 0 bridgehead atoms. The average Bonchev–Trinajstić information content (AvgIpc) is 2.29. The molecule has 1 saturated heterocycles. The second kappa shape index (κ2) is 4.29. The summed E-state index contributed by atoms with van der Waals surface area (Å²) in [7, 11) is 0. The summed E-state index contributed by atoms with van der Waals surface area (Å²) >= 11 is 0. The predicted octanol–water partition coefficient (Wildman–Crippen LogP) is 1.51. The van der Waals surface area contributed by atoms with Gasteiger partial charge in [-0.15, -0.1) is 0 Å². The zero-order valence-corrected chi connectivity index (χ0v) is 8.59. The number of halogens is 3. The third-order valence-corrected chi connectivity index (χ3v) is 2.56. The van der Waals surface area contributed by atoms with Crippen LogP contribution < -0.4 is 10.2 Å². The van der Waals surface area contributed by atoms with Gasteiger partial charge in [0.25, 0.3) is 0 Å². The van der Waals surface area contributed by atoms with Crippen molar-refractivity contribution in [2.24, 2.45) is 0 Å². The van der Waals surface area contributed by atoms with Crippen LogP contribution in [0.25, 0.3) is 0 Å². The molecule has 0 saturated carbocycles. The van der Waals surface area contributed by atoms with Crippen LogP contribution in [0.5, 0.6) is 0 Å². The standard InChI is InChI=1S/C10H12F3N3/c11-10(12,13)8-7-15-2-1-9(8)16-5-3-14-4-6-16/h1-2,7,14H,3-6H2. The van der Waals surface area contributed by atoms with Gasteiger partial charge in [0.15, 0.2) is 0 Å². The van der Waals surface area contributed by atoms with Gasteiger partial charge >= 0.3 is 6.18 Å². The molecule has 0 unspecified atom stereocenters. The summed E-state index contributed by atoms with van der Waals surface area (Å²) in [5, 5.41) is 3.10. The molecule has 0 spiro atoms. The second-order valence-corrected chi connectivity index (χ2v) is 3.63. The van der Waals surface area contributed by atoms with E-state index in [1.54, 1.807) is 4.90 Å². The van der Waals surface area contributed by atoms with E-state index in [0.717, 1.165) is 6.20 Å². The monoisotopic (exact) mass is 231 g/mol. The largest absolute Gasteiger partial charge is 0.419 e. The summed E-state index contributed by atoms with van der Waals surface area (Å²) in [6.07, 6.45) is -2.06. The van der Waals surface area contributed by atoms with E-state index in [9.17, 15) is 13.2 Å². The van der Waals surface area contributed by atoms with Crippen molar-refractivity contribution in [2.45, 2.75) is 6.18 Å². The van der Waals surface area contributed by atoms with Crippen LogP contribution in [0.3, 0.4) is 0 Å². The topological polar surface area (TPSA) is 28.2 Å². The lowest BCUT2D eigenvalue weighted by atomic mass is 10.2. The van der Waals surface area contributed by atoms with E-state index < -0.39 is 11.7 Å². The summed E-state index contributed by atoms with van der Waals surface area (Å²) in [4.78, 5) is 5.28. The van der Waals surface area contributed by atoms with Crippen LogP contribution in [0, 0.1) is 0 Å². The third kappa shape index (κ3) is 2.27. The molecule has 2 heterocycles. The summed E-state index contributed by atoms with van der Waals surface area (Å²) < 4.78 is 38.2. The van der Waals surface area contributed by atoms with Gasteiger partial charge < -0.3 is 10.2 Å². The van der Waals surface area contributed by atoms with Gasteiger partial charge in [0.05, 0.1) is 11.3 Å². The molecule has 1 N–H and O–H groups in total. The van der Waals surface area contributed by atoms with E-state index >= 15 is 0 Å². The number of hydrogen-bond acceptors (Lipinski definition) is 3. The second-order valence-electron chi connectivity index (χ2n) is 3.63. The fraction of sp³-hybridized carbons (Fsp3) is 0.500. The predicted molar refractivity (Wildman–Crippen MR) is 54.3 cm³/mol. The highest BCUT2D eigenvalue weighted by atomic mass is 19.4. The van der Waals surface area contributed by atoms with Crippen molar-refractivity contribution in [2.75, 3.05) is 31.1 Å². The Balaban J connectivity index is 2.32. The number of alkyl halides is 3. The minimum atomic E-state index is -4.34. The number of pyridine rings is 1. The van der Waals surface area contributed by atoms with Gasteiger partial charge in [-0.3, -0.25) is 4.98 Å². The number of nitrogens with zero attached hydrogens (tertiary/aromatic N) is 2. The van der Waals surface area contributed by atoms with E-state index in [4.69, 9.17) is 0 Å². The highest BCUT2D eigenvalue weighted by molar-refractivity contribution is 5.53. The maximum absolute atomic E-state index is 12.7. The highest BCUT2D eigenvalue weighted by Crippen LogP contribution is 2.35. The van der Waals surface area contributed by atoms with Crippen molar-refractivity contribution < 1.29 is 13.2 Å². The van der Waals surface area contributed by atoms with Crippen LogP contribution in [-0.4, -0.2) is 31.2 Å². The molecule has 2 rings (SSSR count). The number of nitrogens with one attached hydrogen (secondary N) is 1. The Labute approximate surface area is 91.3 Å². The van der Waals surface area contributed by atoms with Gasteiger partial charge in [-0.1, -0.05) is 0 Å². The average molecular weight is 231 g/mol. The summed E-state index contributed by atoms with van der Waals surface area (Å²) in [5.41, 5.74) is -0.430. The van der Waals surface area contributed by atoms with E-state index in [2.05, 4.69) is 10.3 Å². The zero-order valence-electron chi connectivity index (χ0n) is 8.59. The molecular formula is C10H12F3N3. The molecule has 3 nitrogen and oxygen atoms in total. The van der Waals surface area contributed by atoms with Gasteiger partial charge in [-0.2, -0.15) is 13.2 Å². The third-order valence-electron chi connectivity index (χ3n) is 2.56. The van der Waals surface area contributed by atoms with E-state index in [1.807, 2.05) is 0 Å². The quantitative estimate of drug-likeness (QED) is 0.794. The van der Waals surface area contributed by atoms with Crippen molar-refractivity contribution in [3.8, 4) is 0 Å². The molecule has 0 aliphatic carbocycles. The van der Waals surface area contributed by atoms with Crippen molar-refractivity contribution in [1.82, 2.24) is 10.3 Å².